The van der Waals surface area contributed by atoms with Crippen molar-refractivity contribution in [3.63, 3.8) is 0 Å². The molecular weight excluding hydrogens is 202 g/mol. The summed E-state index contributed by atoms with van der Waals surface area (Å²) >= 11 is 5.96. The number of morpholine rings is 1. The lowest BCUT2D eigenvalue weighted by Gasteiger charge is -2.23. The van der Waals surface area contributed by atoms with Crippen molar-refractivity contribution in [3.8, 4) is 0 Å². The average molecular weight is 212 g/mol. The van der Waals surface area contributed by atoms with Crippen molar-refractivity contribution in [2.75, 3.05) is 13.2 Å². The lowest BCUT2D eigenvalue weighted by atomic mass is 10.1. The maximum atomic E-state index is 11.5. The minimum atomic E-state index is -0.558. The van der Waals surface area contributed by atoms with Crippen LogP contribution >= 0.6 is 11.6 Å². The first-order chi connectivity index (χ1) is 6.79. The number of carbonyl (C=O) groups is 1. The molecule has 1 atom stereocenters. The number of rotatable bonds is 1. The molecule has 1 aromatic carbocycles. The van der Waals surface area contributed by atoms with Crippen LogP contribution in [0.5, 0.6) is 0 Å². The van der Waals surface area contributed by atoms with Crippen molar-refractivity contribution < 1.29 is 9.53 Å². The molecule has 0 saturated carbocycles. The van der Waals surface area contributed by atoms with Gasteiger partial charge < -0.3 is 10.1 Å². The highest BCUT2D eigenvalue weighted by molar-refractivity contribution is 6.31. The van der Waals surface area contributed by atoms with Crippen LogP contribution in [0.25, 0.3) is 0 Å². The molecule has 0 aromatic heterocycles. The van der Waals surface area contributed by atoms with E-state index in [4.69, 9.17) is 16.3 Å². The smallest absolute Gasteiger partial charge is 0.253 e. The van der Waals surface area contributed by atoms with Crippen LogP contribution < -0.4 is 5.32 Å². The quantitative estimate of drug-likeness (QED) is 0.765. The Morgan fingerprint density at radius 1 is 1.43 bits per heavy atom. The highest BCUT2D eigenvalue weighted by Gasteiger charge is 2.25. The zero-order valence-corrected chi connectivity index (χ0v) is 8.25. The molecular formula is C10H10ClNO2. The topological polar surface area (TPSA) is 38.3 Å². The molecule has 1 aromatic rings. The SMILES string of the molecule is O=C1NCCOC1c1ccccc1Cl. The van der Waals surface area contributed by atoms with E-state index >= 15 is 0 Å². The highest BCUT2D eigenvalue weighted by Crippen LogP contribution is 2.26. The lowest BCUT2D eigenvalue weighted by molar-refractivity contribution is -0.138. The fourth-order valence-corrected chi connectivity index (χ4v) is 1.67. The first kappa shape index (κ1) is 9.49. The molecule has 0 bridgehead atoms. The molecule has 0 spiro atoms. The van der Waals surface area contributed by atoms with Crippen molar-refractivity contribution in [3.05, 3.63) is 34.9 Å². The molecule has 1 amide bonds. The van der Waals surface area contributed by atoms with Gasteiger partial charge in [0.2, 0.25) is 0 Å². The predicted octanol–water partition coefficient (Wildman–Crippen LogP) is 1.53. The molecule has 1 N–H and O–H groups in total. The predicted molar refractivity (Wildman–Crippen MR) is 53.2 cm³/mol. The van der Waals surface area contributed by atoms with Gasteiger partial charge in [0.05, 0.1) is 6.61 Å². The Morgan fingerprint density at radius 3 is 2.93 bits per heavy atom. The molecule has 74 valence electrons. The second kappa shape index (κ2) is 3.98. The van der Waals surface area contributed by atoms with Crippen molar-refractivity contribution >= 4 is 17.5 Å². The molecule has 1 fully saturated rings. The van der Waals surface area contributed by atoms with E-state index in [0.29, 0.717) is 18.2 Å². The van der Waals surface area contributed by atoms with Gasteiger partial charge in [-0.2, -0.15) is 0 Å². The van der Waals surface area contributed by atoms with Gasteiger partial charge in [-0.15, -0.1) is 0 Å². The minimum absolute atomic E-state index is 0.121. The zero-order chi connectivity index (χ0) is 9.97. The van der Waals surface area contributed by atoms with E-state index in [-0.39, 0.29) is 5.91 Å². The Balaban J connectivity index is 2.29. The van der Waals surface area contributed by atoms with Gasteiger partial charge in [0.25, 0.3) is 5.91 Å². The Kier molecular flexibility index (Phi) is 2.70. The number of amides is 1. The summed E-state index contributed by atoms with van der Waals surface area (Å²) in [6.07, 6.45) is -0.558. The molecule has 3 nitrogen and oxygen atoms in total. The molecule has 2 rings (SSSR count). The van der Waals surface area contributed by atoms with Crippen LogP contribution in [0.4, 0.5) is 0 Å². The van der Waals surface area contributed by atoms with E-state index in [2.05, 4.69) is 5.32 Å². The molecule has 0 aliphatic carbocycles. The van der Waals surface area contributed by atoms with Gasteiger partial charge in [-0.1, -0.05) is 29.8 Å². The Hall–Kier alpha value is -1.06. The maximum absolute atomic E-state index is 11.5. The Bertz CT molecular complexity index is 354. The molecule has 1 aliphatic heterocycles. The van der Waals surface area contributed by atoms with Crippen LogP contribution in [0, 0.1) is 0 Å². The second-order valence-electron chi connectivity index (χ2n) is 3.06. The number of halogens is 1. The van der Waals surface area contributed by atoms with E-state index in [1.165, 1.54) is 0 Å². The van der Waals surface area contributed by atoms with E-state index < -0.39 is 6.10 Å². The molecule has 14 heavy (non-hydrogen) atoms. The fourth-order valence-electron chi connectivity index (χ4n) is 1.44. The standard InChI is InChI=1S/C10H10ClNO2/c11-8-4-2-1-3-7(8)9-10(13)12-5-6-14-9/h1-4,9H,5-6H2,(H,12,13). The van der Waals surface area contributed by atoms with E-state index in [1.54, 1.807) is 12.1 Å². The second-order valence-corrected chi connectivity index (χ2v) is 3.47. The average Bonchev–Trinajstić information content (AvgIpc) is 2.20. The Labute approximate surface area is 87.0 Å². The van der Waals surface area contributed by atoms with Gasteiger partial charge in [0.15, 0.2) is 6.10 Å². The lowest BCUT2D eigenvalue weighted by Crippen LogP contribution is -2.39. The van der Waals surface area contributed by atoms with Gasteiger partial charge in [-0.3, -0.25) is 4.79 Å². The number of carbonyl (C=O) groups excluding carboxylic acids is 1. The first-order valence-electron chi connectivity index (χ1n) is 4.43. The van der Waals surface area contributed by atoms with Crippen LogP contribution in [-0.2, 0) is 9.53 Å². The van der Waals surface area contributed by atoms with Crippen LogP contribution in [0.3, 0.4) is 0 Å². The molecule has 1 unspecified atom stereocenters. The highest BCUT2D eigenvalue weighted by atomic mass is 35.5. The minimum Gasteiger partial charge on any atom is -0.362 e. The van der Waals surface area contributed by atoms with Gasteiger partial charge >= 0.3 is 0 Å². The summed E-state index contributed by atoms with van der Waals surface area (Å²) in [7, 11) is 0. The largest absolute Gasteiger partial charge is 0.362 e. The fraction of sp³-hybridized carbons (Fsp3) is 0.300. The number of ether oxygens (including phenoxy) is 1. The van der Waals surface area contributed by atoms with Crippen LogP contribution in [0.2, 0.25) is 5.02 Å². The monoisotopic (exact) mass is 211 g/mol. The summed E-state index contributed by atoms with van der Waals surface area (Å²) in [5.41, 5.74) is 0.728. The van der Waals surface area contributed by atoms with Gasteiger partial charge in [-0.05, 0) is 6.07 Å². The van der Waals surface area contributed by atoms with E-state index in [9.17, 15) is 4.79 Å². The molecule has 4 heteroatoms. The third-order valence-corrected chi connectivity index (χ3v) is 2.46. The molecule has 0 radical (unpaired) electrons. The third-order valence-electron chi connectivity index (χ3n) is 2.11. The summed E-state index contributed by atoms with van der Waals surface area (Å²) in [5.74, 6) is -0.121. The summed E-state index contributed by atoms with van der Waals surface area (Å²) in [4.78, 5) is 11.5. The summed E-state index contributed by atoms with van der Waals surface area (Å²) in [5, 5.41) is 3.30. The molecule has 1 heterocycles. The van der Waals surface area contributed by atoms with Crippen molar-refractivity contribution in [1.29, 1.82) is 0 Å². The zero-order valence-electron chi connectivity index (χ0n) is 7.50. The normalized spacial score (nSPS) is 21.8. The number of hydrogen-bond donors (Lipinski definition) is 1. The van der Waals surface area contributed by atoms with E-state index in [1.807, 2.05) is 12.1 Å². The summed E-state index contributed by atoms with van der Waals surface area (Å²) in [6.45, 7) is 1.10. The first-order valence-corrected chi connectivity index (χ1v) is 4.80. The number of benzene rings is 1. The van der Waals surface area contributed by atoms with Gasteiger partial charge in [0, 0.05) is 17.1 Å². The third kappa shape index (κ3) is 1.74. The van der Waals surface area contributed by atoms with Gasteiger partial charge in [-0.25, -0.2) is 0 Å². The van der Waals surface area contributed by atoms with Gasteiger partial charge in [0.1, 0.15) is 0 Å². The number of hydrogen-bond acceptors (Lipinski definition) is 2. The van der Waals surface area contributed by atoms with Crippen LogP contribution in [-0.4, -0.2) is 19.1 Å². The van der Waals surface area contributed by atoms with Crippen molar-refractivity contribution in [2.24, 2.45) is 0 Å². The van der Waals surface area contributed by atoms with E-state index in [0.717, 1.165) is 5.56 Å². The molecule has 1 saturated heterocycles. The maximum Gasteiger partial charge on any atom is 0.253 e. The molecule has 1 aliphatic rings. The van der Waals surface area contributed by atoms with Crippen molar-refractivity contribution in [1.82, 2.24) is 5.32 Å². The summed E-state index contributed by atoms with van der Waals surface area (Å²) < 4.78 is 5.36. The Morgan fingerprint density at radius 2 is 2.21 bits per heavy atom. The van der Waals surface area contributed by atoms with Crippen LogP contribution in [0.15, 0.2) is 24.3 Å². The number of nitrogens with one attached hydrogen (secondary N) is 1. The van der Waals surface area contributed by atoms with Crippen LogP contribution in [0.1, 0.15) is 11.7 Å². The summed E-state index contributed by atoms with van der Waals surface area (Å²) in [6, 6.07) is 7.22. The van der Waals surface area contributed by atoms with Crippen molar-refractivity contribution in [2.45, 2.75) is 6.10 Å².